The summed E-state index contributed by atoms with van der Waals surface area (Å²) in [6, 6.07) is 5.29. The molecule has 1 fully saturated rings. The Morgan fingerprint density at radius 1 is 1.14 bits per heavy atom. The van der Waals surface area contributed by atoms with E-state index in [1.165, 1.54) is 13.0 Å². The smallest absolute Gasteiger partial charge is 0.348 e. The van der Waals surface area contributed by atoms with Crippen LogP contribution in [0.25, 0.3) is 0 Å². The first-order chi connectivity index (χ1) is 17.3. The topological polar surface area (TPSA) is 78.5 Å². The van der Waals surface area contributed by atoms with Gasteiger partial charge in [-0.25, -0.2) is 8.42 Å². The number of piperidine rings is 1. The quantitative estimate of drug-likeness (QED) is 0.463. The third kappa shape index (κ3) is 6.85. The summed E-state index contributed by atoms with van der Waals surface area (Å²) in [7, 11) is -1.80. The molecule has 3 rings (SSSR count). The van der Waals surface area contributed by atoms with Crippen LogP contribution in [0.1, 0.15) is 64.4 Å². The molecular weight excluding hydrogens is 527 g/mol. The molecule has 2 N–H and O–H groups in total. The molecule has 37 heavy (non-hydrogen) atoms. The van der Waals surface area contributed by atoms with Crippen molar-refractivity contribution >= 4 is 27.3 Å². The number of alkyl halides is 3. The summed E-state index contributed by atoms with van der Waals surface area (Å²) >= 11 is 6.35. The number of sulfone groups is 1. The number of hydrogen-bond donors (Lipinski definition) is 2. The standard InChI is InChI=1S/C26H33ClF3N3O3S/c1-5-37(35,36)23-11-17(3)16(2)10-19(23)14-32-25(34)18-12-21(26(28,29)30)20(22(27)13-18)15-33-9-7-6-8-24(33)31-4/h10-13,24,31H,5-9,14-15H2,1-4H3,(H,32,34). The summed E-state index contributed by atoms with van der Waals surface area (Å²) in [5.41, 5.74) is 0.732. The van der Waals surface area contributed by atoms with Crippen molar-refractivity contribution in [1.29, 1.82) is 0 Å². The predicted octanol–water partition coefficient (Wildman–Crippen LogP) is 5.23. The van der Waals surface area contributed by atoms with Crippen LogP contribution in [0, 0.1) is 13.8 Å². The summed E-state index contributed by atoms with van der Waals surface area (Å²) in [6.07, 6.45) is -2.07. The van der Waals surface area contributed by atoms with E-state index in [1.807, 2.05) is 11.8 Å². The first kappa shape index (κ1) is 29.4. The van der Waals surface area contributed by atoms with Gasteiger partial charge in [0.25, 0.3) is 5.91 Å². The summed E-state index contributed by atoms with van der Waals surface area (Å²) in [5.74, 6) is -0.892. The molecule has 1 aliphatic rings. The van der Waals surface area contributed by atoms with Gasteiger partial charge in [-0.2, -0.15) is 13.2 Å². The largest absolute Gasteiger partial charge is 0.416 e. The Morgan fingerprint density at radius 2 is 1.81 bits per heavy atom. The number of hydrogen-bond acceptors (Lipinski definition) is 5. The normalized spacial score (nSPS) is 17.1. The van der Waals surface area contributed by atoms with Gasteiger partial charge in [0.15, 0.2) is 9.84 Å². The second kappa shape index (κ2) is 11.7. The molecule has 1 amide bonds. The molecule has 0 bridgehead atoms. The molecular formula is C26H33ClF3N3O3S. The van der Waals surface area contributed by atoms with Gasteiger partial charge < -0.3 is 10.6 Å². The van der Waals surface area contributed by atoms with Crippen molar-refractivity contribution < 1.29 is 26.4 Å². The van der Waals surface area contributed by atoms with Gasteiger partial charge in [0, 0.05) is 23.7 Å². The molecule has 204 valence electrons. The van der Waals surface area contributed by atoms with Gasteiger partial charge in [0.05, 0.1) is 22.4 Å². The van der Waals surface area contributed by atoms with Crippen LogP contribution in [-0.4, -0.2) is 44.7 Å². The van der Waals surface area contributed by atoms with Crippen molar-refractivity contribution in [2.75, 3.05) is 19.3 Å². The summed E-state index contributed by atoms with van der Waals surface area (Å²) in [5, 5.41) is 5.57. The second-order valence-electron chi connectivity index (χ2n) is 9.38. The monoisotopic (exact) mass is 559 g/mol. The molecule has 1 aliphatic heterocycles. The summed E-state index contributed by atoms with van der Waals surface area (Å²) in [4.78, 5) is 15.0. The van der Waals surface area contributed by atoms with E-state index in [4.69, 9.17) is 11.6 Å². The van der Waals surface area contributed by atoms with E-state index in [1.54, 1.807) is 26.1 Å². The highest BCUT2D eigenvalue weighted by atomic mass is 35.5. The lowest BCUT2D eigenvalue weighted by Crippen LogP contribution is -2.46. The van der Waals surface area contributed by atoms with E-state index < -0.39 is 27.5 Å². The molecule has 2 aromatic carbocycles. The lowest BCUT2D eigenvalue weighted by atomic mass is 10.00. The number of likely N-dealkylation sites (tertiary alicyclic amines) is 1. The fraction of sp³-hybridized carbons (Fsp3) is 0.500. The summed E-state index contributed by atoms with van der Waals surface area (Å²) in [6.45, 7) is 5.61. The van der Waals surface area contributed by atoms with Crippen molar-refractivity contribution in [2.45, 2.75) is 70.4 Å². The van der Waals surface area contributed by atoms with Crippen LogP contribution in [-0.2, 0) is 29.1 Å². The maximum absolute atomic E-state index is 14.1. The van der Waals surface area contributed by atoms with Crippen molar-refractivity contribution in [1.82, 2.24) is 15.5 Å². The maximum Gasteiger partial charge on any atom is 0.416 e. The van der Waals surface area contributed by atoms with Crippen LogP contribution in [0.2, 0.25) is 5.02 Å². The first-order valence-electron chi connectivity index (χ1n) is 12.2. The average molecular weight is 560 g/mol. The van der Waals surface area contributed by atoms with Gasteiger partial charge in [-0.1, -0.05) is 24.6 Å². The number of carbonyl (C=O) groups excluding carboxylic acids is 1. The van der Waals surface area contributed by atoms with Crippen LogP contribution < -0.4 is 10.6 Å². The van der Waals surface area contributed by atoms with E-state index in [0.717, 1.165) is 36.5 Å². The highest BCUT2D eigenvalue weighted by Gasteiger charge is 2.36. The first-order valence-corrected chi connectivity index (χ1v) is 14.2. The van der Waals surface area contributed by atoms with Crippen LogP contribution >= 0.6 is 11.6 Å². The maximum atomic E-state index is 14.1. The minimum Gasteiger partial charge on any atom is -0.348 e. The SMILES string of the molecule is CCS(=O)(=O)c1cc(C)c(C)cc1CNC(=O)c1cc(Cl)c(CN2CCCCC2NC)c(C(F)(F)F)c1. The van der Waals surface area contributed by atoms with E-state index in [-0.39, 0.29) is 46.1 Å². The molecule has 0 aliphatic carbocycles. The zero-order valence-corrected chi connectivity index (χ0v) is 23.0. The number of nitrogens with one attached hydrogen (secondary N) is 2. The molecule has 0 spiro atoms. The molecule has 1 heterocycles. The number of aryl methyl sites for hydroxylation is 2. The molecule has 0 aromatic heterocycles. The number of nitrogens with zero attached hydrogens (tertiary/aromatic N) is 1. The highest BCUT2D eigenvalue weighted by Crippen LogP contribution is 2.37. The zero-order chi connectivity index (χ0) is 27.5. The van der Waals surface area contributed by atoms with Gasteiger partial charge in [-0.3, -0.25) is 9.69 Å². The minimum absolute atomic E-state index is 0.00195. The Bertz CT molecular complexity index is 1270. The number of benzene rings is 2. The predicted molar refractivity (Wildman–Crippen MR) is 138 cm³/mol. The highest BCUT2D eigenvalue weighted by molar-refractivity contribution is 7.91. The van der Waals surface area contributed by atoms with Gasteiger partial charge in [-0.05, 0) is 87.2 Å². The minimum atomic E-state index is -4.71. The molecule has 0 saturated carbocycles. The van der Waals surface area contributed by atoms with Crippen LogP contribution in [0.4, 0.5) is 13.2 Å². The van der Waals surface area contributed by atoms with Gasteiger partial charge in [0.2, 0.25) is 0 Å². The molecule has 11 heteroatoms. The fourth-order valence-electron chi connectivity index (χ4n) is 4.60. The number of amides is 1. The van der Waals surface area contributed by atoms with E-state index in [9.17, 15) is 26.4 Å². The average Bonchev–Trinajstić information content (AvgIpc) is 2.84. The molecule has 1 unspecified atom stereocenters. The molecule has 1 atom stereocenters. The third-order valence-electron chi connectivity index (χ3n) is 6.90. The van der Waals surface area contributed by atoms with E-state index in [0.29, 0.717) is 12.1 Å². The molecule has 6 nitrogen and oxygen atoms in total. The van der Waals surface area contributed by atoms with Crippen molar-refractivity contribution in [3.8, 4) is 0 Å². The van der Waals surface area contributed by atoms with Crippen LogP contribution in [0.5, 0.6) is 0 Å². The molecule has 0 radical (unpaired) electrons. The Kier molecular flexibility index (Phi) is 9.32. The summed E-state index contributed by atoms with van der Waals surface area (Å²) < 4.78 is 67.4. The lowest BCUT2D eigenvalue weighted by Gasteiger charge is -2.36. The van der Waals surface area contributed by atoms with Crippen molar-refractivity contribution in [3.63, 3.8) is 0 Å². The van der Waals surface area contributed by atoms with Crippen molar-refractivity contribution in [2.24, 2.45) is 0 Å². The van der Waals surface area contributed by atoms with Gasteiger partial charge in [-0.15, -0.1) is 0 Å². The fourth-order valence-corrected chi connectivity index (χ4v) is 6.08. The molecule has 1 saturated heterocycles. The number of halogens is 4. The van der Waals surface area contributed by atoms with Gasteiger partial charge >= 0.3 is 6.18 Å². The van der Waals surface area contributed by atoms with Gasteiger partial charge in [0.1, 0.15) is 0 Å². The van der Waals surface area contributed by atoms with E-state index >= 15 is 0 Å². The Morgan fingerprint density at radius 3 is 2.43 bits per heavy atom. The molecule has 2 aromatic rings. The van der Waals surface area contributed by atoms with E-state index in [2.05, 4.69) is 10.6 Å². The van der Waals surface area contributed by atoms with Crippen LogP contribution in [0.15, 0.2) is 29.2 Å². The Hall–Kier alpha value is -2.14. The number of rotatable bonds is 8. The Labute approximate surface area is 221 Å². The van der Waals surface area contributed by atoms with Crippen LogP contribution in [0.3, 0.4) is 0 Å². The number of carbonyl (C=O) groups is 1. The Balaban J connectivity index is 1.91. The lowest BCUT2D eigenvalue weighted by molar-refractivity contribution is -0.138. The van der Waals surface area contributed by atoms with Crippen molar-refractivity contribution in [3.05, 3.63) is 62.7 Å². The third-order valence-corrected chi connectivity index (χ3v) is 9.05. The zero-order valence-electron chi connectivity index (χ0n) is 21.4. The second-order valence-corrected chi connectivity index (χ2v) is 12.0.